The van der Waals surface area contributed by atoms with Crippen molar-refractivity contribution in [1.29, 1.82) is 0 Å². The minimum atomic E-state index is -2.28. The van der Waals surface area contributed by atoms with Crippen molar-refractivity contribution in [3.63, 3.8) is 0 Å². The minimum Gasteiger partial charge on any atom is -0.394 e. The molecule has 34 heteroatoms. The Morgan fingerprint density at radius 1 is 0.316 bits per heavy atom. The van der Waals surface area contributed by atoms with Crippen molar-refractivity contribution < 1.29 is 153 Å². The van der Waals surface area contributed by atoms with E-state index < -0.39 is 241 Å². The molecule has 6 fully saturated rings. The Morgan fingerprint density at radius 2 is 0.566 bits per heavy atom. The molecule has 20 N–H and O–H groups in total. The average Bonchev–Trinajstić information content (AvgIpc) is 3.37. The number of ether oxygens (including phenoxy) is 11. The first-order valence-electron chi connectivity index (χ1n) is 24.1. The second kappa shape index (κ2) is 27.2. The van der Waals surface area contributed by atoms with Crippen LogP contribution in [0.15, 0.2) is 0 Å². The number of hydrogen-bond acceptors (Lipinski definition) is 31. The minimum absolute atomic E-state index is 0.749. The second-order valence-electron chi connectivity index (χ2n) is 19.0. The number of carbonyl (C=O) groups is 3. The molecule has 6 saturated heterocycles. The zero-order chi connectivity index (χ0) is 56.2. The van der Waals surface area contributed by atoms with Crippen LogP contribution >= 0.6 is 0 Å². The Morgan fingerprint density at radius 3 is 0.895 bits per heavy atom. The number of hydrogen-bond donors (Lipinski definition) is 20. The van der Waals surface area contributed by atoms with Gasteiger partial charge in [0.15, 0.2) is 37.7 Å². The Labute approximate surface area is 431 Å². The normalized spacial score (nSPS) is 48.2. The summed E-state index contributed by atoms with van der Waals surface area (Å²) in [5.41, 5.74) is 0. The number of nitrogens with one attached hydrogen (secondary N) is 3. The van der Waals surface area contributed by atoms with E-state index in [1.807, 2.05) is 0 Å². The maximum atomic E-state index is 12.9. The molecule has 0 unspecified atom stereocenters. The third-order valence-corrected chi connectivity index (χ3v) is 13.6. The van der Waals surface area contributed by atoms with Gasteiger partial charge in [-0.3, -0.25) is 14.4 Å². The number of rotatable bonds is 19. The summed E-state index contributed by atoms with van der Waals surface area (Å²) in [6, 6.07) is -5.17. The summed E-state index contributed by atoms with van der Waals surface area (Å²) in [6.45, 7) is -2.85. The van der Waals surface area contributed by atoms with Gasteiger partial charge in [0.25, 0.3) is 0 Å². The van der Waals surface area contributed by atoms with Crippen LogP contribution in [0.25, 0.3) is 0 Å². The highest BCUT2D eigenvalue weighted by Crippen LogP contribution is 2.37. The van der Waals surface area contributed by atoms with Crippen molar-refractivity contribution in [2.45, 2.75) is 205 Å². The summed E-state index contributed by atoms with van der Waals surface area (Å²) >= 11 is 0. The third kappa shape index (κ3) is 13.5. The Balaban J connectivity index is 1.28. The first kappa shape index (κ1) is 62.5. The fraction of sp³-hybridized carbons (Fsp3) is 0.929. The van der Waals surface area contributed by atoms with Crippen LogP contribution in [-0.2, 0) is 66.5 Å². The summed E-state index contributed by atoms with van der Waals surface area (Å²) in [7, 11) is 0. The van der Waals surface area contributed by atoms with Crippen LogP contribution in [-0.4, -0.2) is 328 Å². The van der Waals surface area contributed by atoms with Gasteiger partial charge in [-0.05, 0) is 0 Å². The maximum absolute atomic E-state index is 12.9. The van der Waals surface area contributed by atoms with Crippen LogP contribution < -0.4 is 16.0 Å². The number of aliphatic hydroxyl groups excluding tert-OH is 17. The van der Waals surface area contributed by atoms with Crippen LogP contribution in [0.5, 0.6) is 0 Å². The quantitative estimate of drug-likeness (QED) is 0.0571. The van der Waals surface area contributed by atoms with Gasteiger partial charge in [-0.1, -0.05) is 0 Å². The average molecular weight is 1110 g/mol. The van der Waals surface area contributed by atoms with Gasteiger partial charge in [0.1, 0.15) is 146 Å². The van der Waals surface area contributed by atoms with E-state index in [0.717, 1.165) is 20.8 Å². The molecule has 76 heavy (non-hydrogen) atoms. The fourth-order valence-corrected chi connectivity index (χ4v) is 9.71. The predicted octanol–water partition coefficient (Wildman–Crippen LogP) is -13.7. The van der Waals surface area contributed by atoms with Crippen LogP contribution in [0.4, 0.5) is 0 Å². The molecule has 6 rings (SSSR count). The lowest BCUT2D eigenvalue weighted by atomic mass is 9.93. The van der Waals surface area contributed by atoms with E-state index >= 15 is 0 Å². The van der Waals surface area contributed by atoms with Gasteiger partial charge in [0.2, 0.25) is 17.7 Å². The van der Waals surface area contributed by atoms with E-state index in [2.05, 4.69) is 16.0 Å². The molecule has 0 aromatic heterocycles. The molecular weight excluding hydrogens is 1040 g/mol. The van der Waals surface area contributed by atoms with Crippen LogP contribution in [0.2, 0.25) is 0 Å². The van der Waals surface area contributed by atoms with Gasteiger partial charge in [0, 0.05) is 20.8 Å². The highest BCUT2D eigenvalue weighted by Gasteiger charge is 2.58. The molecule has 0 bridgehead atoms. The maximum Gasteiger partial charge on any atom is 0.217 e. The van der Waals surface area contributed by atoms with Crippen molar-refractivity contribution in [3.8, 4) is 0 Å². The Hall–Kier alpha value is -2.71. The standard InChI is InChI=1S/C42H71N3O31/c1-10(52)43-19-32(23(56)14(5-47)66-37(19)65)72-41-30(63)35(26(59)17(8-50)70-41)75-39-21(45-12(3)54)34(25(58)16(7-49)68-39)74-42-31(64)36(27(60)18(9-51)71-42)76-38-20(44-11(2)53)33(24(57)15(6-48)67-38)73-40-29(62)28(61)22(55)13(4-46)69-40/h13-42,46-51,55-65H,4-9H2,1-3H3,(H,43,52)(H,44,53)(H,45,54)/t13-,14-,15-,16-,17-,18-,19-,20-,21-,22+,23+,24-,25-,26+,27+,28+,29-,30-,31-,32-,33-,34-,35+,36+,37+,38+,39+,40+,41+,42+/m1/s1. The van der Waals surface area contributed by atoms with Crippen LogP contribution in [0, 0.1) is 0 Å². The highest BCUT2D eigenvalue weighted by molar-refractivity contribution is 5.74. The molecule has 34 nitrogen and oxygen atoms in total. The lowest BCUT2D eigenvalue weighted by Gasteiger charge is -2.51. The molecule has 440 valence electrons. The molecule has 0 aliphatic carbocycles. The third-order valence-electron chi connectivity index (χ3n) is 13.6. The molecule has 3 amide bonds. The van der Waals surface area contributed by atoms with Crippen molar-refractivity contribution in [3.05, 3.63) is 0 Å². The molecule has 0 saturated carbocycles. The number of amides is 3. The lowest BCUT2D eigenvalue weighted by Crippen LogP contribution is -2.71. The zero-order valence-electron chi connectivity index (χ0n) is 40.9. The molecule has 6 aliphatic rings. The summed E-state index contributed by atoms with van der Waals surface area (Å²) in [5.74, 6) is -2.49. The van der Waals surface area contributed by atoms with Crippen LogP contribution in [0.1, 0.15) is 20.8 Å². The van der Waals surface area contributed by atoms with Crippen molar-refractivity contribution in [2.75, 3.05) is 39.6 Å². The fourth-order valence-electron chi connectivity index (χ4n) is 9.71. The molecule has 6 heterocycles. The van der Waals surface area contributed by atoms with Gasteiger partial charge in [-0.25, -0.2) is 0 Å². The Bertz CT molecular complexity index is 1870. The van der Waals surface area contributed by atoms with Crippen molar-refractivity contribution in [1.82, 2.24) is 16.0 Å². The first-order valence-corrected chi connectivity index (χ1v) is 24.1. The van der Waals surface area contributed by atoms with E-state index in [1.54, 1.807) is 0 Å². The van der Waals surface area contributed by atoms with E-state index in [0.29, 0.717) is 0 Å². The summed E-state index contributed by atoms with van der Waals surface area (Å²) in [6.07, 6.45) is -51.9. The summed E-state index contributed by atoms with van der Waals surface area (Å²) in [4.78, 5) is 37.6. The monoisotopic (exact) mass is 1110 g/mol. The largest absolute Gasteiger partial charge is 0.394 e. The molecule has 30 atom stereocenters. The Kier molecular flexibility index (Phi) is 22.3. The second-order valence-corrected chi connectivity index (χ2v) is 19.0. The van der Waals surface area contributed by atoms with Crippen molar-refractivity contribution in [2.24, 2.45) is 0 Å². The number of aliphatic hydroxyl groups is 17. The molecule has 6 aliphatic heterocycles. The number of carbonyl (C=O) groups excluding carboxylic acids is 3. The lowest BCUT2D eigenvalue weighted by molar-refractivity contribution is -0.383. The van der Waals surface area contributed by atoms with E-state index in [4.69, 9.17) is 52.1 Å². The van der Waals surface area contributed by atoms with Crippen LogP contribution in [0.3, 0.4) is 0 Å². The summed E-state index contributed by atoms with van der Waals surface area (Å²) in [5, 5.41) is 191. The molecule has 0 aromatic carbocycles. The molecule has 0 aromatic rings. The predicted molar refractivity (Wildman–Crippen MR) is 234 cm³/mol. The van der Waals surface area contributed by atoms with E-state index in [1.165, 1.54) is 0 Å². The van der Waals surface area contributed by atoms with E-state index in [-0.39, 0.29) is 0 Å². The van der Waals surface area contributed by atoms with E-state index in [9.17, 15) is 101 Å². The van der Waals surface area contributed by atoms with Gasteiger partial charge in [-0.15, -0.1) is 0 Å². The molecule has 0 radical (unpaired) electrons. The smallest absolute Gasteiger partial charge is 0.217 e. The van der Waals surface area contributed by atoms with Gasteiger partial charge >= 0.3 is 0 Å². The zero-order valence-corrected chi connectivity index (χ0v) is 40.9. The van der Waals surface area contributed by atoms with Gasteiger partial charge in [-0.2, -0.15) is 0 Å². The van der Waals surface area contributed by atoms with Gasteiger partial charge < -0.3 is 155 Å². The molecule has 0 spiro atoms. The summed E-state index contributed by atoms with van der Waals surface area (Å²) < 4.78 is 63.3. The SMILES string of the molecule is CC(=O)N[C@@H]1[C@@H](O[C@@H]2O[C@H](CO)[C@H](O)[C@H](O[C@@H]3O[C@H](CO)[C@@H](O)[C@H](O[C@@H]4O[C@H](CO)[C@H](O)[C@H](O[C@@H]5O[C@H](CO)[C@@H](O)[C@H](O[C@@H]6O[C@H](CO)[C@H](O)[C@H](O)[C@H]6O)[C@H]5NC(C)=O)[C@H]4O)[C@H]3NC(C)=O)[C@H]2O)[C@@H](O)[C@@H](CO)O[C@@H]1O. The molecular formula is C42H71N3O31. The topological polar surface area (TPSA) is 533 Å². The first-order chi connectivity index (χ1) is 35.9. The van der Waals surface area contributed by atoms with Crippen molar-refractivity contribution >= 4 is 17.7 Å². The van der Waals surface area contributed by atoms with Gasteiger partial charge in [0.05, 0.1) is 39.6 Å². The highest BCUT2D eigenvalue weighted by atomic mass is 16.8.